The third kappa shape index (κ3) is 3.53. The Balaban J connectivity index is 2.17. The molecule has 0 spiro atoms. The lowest BCUT2D eigenvalue weighted by molar-refractivity contribution is 0.00578. The van der Waals surface area contributed by atoms with Gasteiger partial charge in [-0.25, -0.2) is 0 Å². The minimum Gasteiger partial charge on any atom is -0.494 e. The van der Waals surface area contributed by atoms with E-state index in [9.17, 15) is 0 Å². The first kappa shape index (κ1) is 16.2. The topological polar surface area (TPSA) is 53.7 Å². The molecule has 5 heteroatoms. The summed E-state index contributed by atoms with van der Waals surface area (Å²) in [6.07, 6.45) is 2.13. The van der Waals surface area contributed by atoms with Crippen LogP contribution in [0.3, 0.4) is 0 Å². The van der Waals surface area contributed by atoms with Gasteiger partial charge in [0.25, 0.3) is 0 Å². The molecule has 1 heterocycles. The number of ether oxygens (including phenoxy) is 1. The predicted molar refractivity (Wildman–Crippen MR) is 87.0 cm³/mol. The van der Waals surface area contributed by atoms with Gasteiger partial charge in [0.15, 0.2) is 0 Å². The smallest absolute Gasteiger partial charge is 0.494 e. The van der Waals surface area contributed by atoms with E-state index >= 15 is 0 Å². The van der Waals surface area contributed by atoms with Crippen LogP contribution in [0.1, 0.15) is 47.5 Å². The van der Waals surface area contributed by atoms with Crippen LogP contribution < -0.4 is 15.9 Å². The zero-order valence-corrected chi connectivity index (χ0v) is 13.7. The molecule has 21 heavy (non-hydrogen) atoms. The highest BCUT2D eigenvalue weighted by atomic mass is 16.7. The third-order valence-corrected chi connectivity index (χ3v) is 4.24. The molecule has 1 aromatic carbocycles. The summed E-state index contributed by atoms with van der Waals surface area (Å²) >= 11 is 0. The van der Waals surface area contributed by atoms with Crippen LogP contribution in [0.4, 0.5) is 5.69 Å². The molecule has 4 nitrogen and oxygen atoms in total. The second kappa shape index (κ2) is 5.89. The quantitative estimate of drug-likeness (QED) is 0.515. The first-order chi connectivity index (χ1) is 9.75. The first-order valence-electron chi connectivity index (χ1n) is 7.64. The van der Waals surface area contributed by atoms with Crippen LogP contribution in [0.15, 0.2) is 18.2 Å². The highest BCUT2D eigenvalue weighted by Gasteiger charge is 2.51. The molecule has 1 aliphatic heterocycles. The van der Waals surface area contributed by atoms with Gasteiger partial charge in [0.2, 0.25) is 0 Å². The molecule has 0 aromatic heterocycles. The second-order valence-electron chi connectivity index (χ2n) is 6.63. The van der Waals surface area contributed by atoms with E-state index in [-0.39, 0.29) is 11.2 Å². The Morgan fingerprint density at radius 1 is 1.10 bits per heavy atom. The fourth-order valence-electron chi connectivity index (χ4n) is 2.18. The number of hydrogen-bond acceptors (Lipinski definition) is 4. The largest absolute Gasteiger partial charge is 0.495 e. The highest BCUT2D eigenvalue weighted by Crippen LogP contribution is 2.36. The van der Waals surface area contributed by atoms with Crippen LogP contribution in [0.2, 0.25) is 0 Å². The molecule has 0 saturated carbocycles. The van der Waals surface area contributed by atoms with Crippen molar-refractivity contribution in [2.24, 2.45) is 0 Å². The van der Waals surface area contributed by atoms with E-state index in [2.05, 4.69) is 6.92 Å². The van der Waals surface area contributed by atoms with Crippen molar-refractivity contribution in [1.29, 1.82) is 0 Å². The SMILES string of the molecule is CCCCOc1cc(N)cc(B2OC(C)(C)C(C)(C)O2)c1. The van der Waals surface area contributed by atoms with Gasteiger partial charge in [-0.15, -0.1) is 0 Å². The van der Waals surface area contributed by atoms with E-state index in [0.29, 0.717) is 12.3 Å². The van der Waals surface area contributed by atoms with Crippen molar-refractivity contribution in [3.8, 4) is 5.75 Å². The van der Waals surface area contributed by atoms with E-state index in [0.717, 1.165) is 24.1 Å². The van der Waals surface area contributed by atoms with Crippen molar-refractivity contribution in [2.45, 2.75) is 58.7 Å². The number of unbranched alkanes of at least 4 members (excludes halogenated alkanes) is 1. The van der Waals surface area contributed by atoms with E-state index in [1.165, 1.54) is 0 Å². The number of benzene rings is 1. The maximum atomic E-state index is 6.05. The Hall–Kier alpha value is -1.20. The van der Waals surface area contributed by atoms with Crippen molar-refractivity contribution in [1.82, 2.24) is 0 Å². The fraction of sp³-hybridized carbons (Fsp3) is 0.625. The normalized spacial score (nSPS) is 19.8. The molecule has 0 unspecified atom stereocenters. The molecule has 0 amide bonds. The summed E-state index contributed by atoms with van der Waals surface area (Å²) in [4.78, 5) is 0. The Morgan fingerprint density at radius 3 is 2.29 bits per heavy atom. The van der Waals surface area contributed by atoms with E-state index in [1.54, 1.807) is 0 Å². The van der Waals surface area contributed by atoms with Gasteiger partial charge in [0.1, 0.15) is 5.75 Å². The number of anilines is 1. The number of nitrogen functional groups attached to an aromatic ring is 1. The molecule has 1 aliphatic rings. The molecular formula is C16H26BNO3. The van der Waals surface area contributed by atoms with Crippen molar-refractivity contribution in [3.05, 3.63) is 18.2 Å². The lowest BCUT2D eigenvalue weighted by Gasteiger charge is -2.32. The lowest BCUT2D eigenvalue weighted by Crippen LogP contribution is -2.41. The predicted octanol–water partition coefficient (Wildman–Crippen LogP) is 2.75. The fourth-order valence-corrected chi connectivity index (χ4v) is 2.18. The van der Waals surface area contributed by atoms with Crippen molar-refractivity contribution >= 4 is 18.3 Å². The second-order valence-corrected chi connectivity index (χ2v) is 6.63. The summed E-state index contributed by atoms with van der Waals surface area (Å²) < 4.78 is 17.8. The Morgan fingerprint density at radius 2 is 1.71 bits per heavy atom. The zero-order valence-electron chi connectivity index (χ0n) is 13.7. The van der Waals surface area contributed by atoms with E-state index in [4.69, 9.17) is 19.8 Å². The standard InChI is InChI=1S/C16H26BNO3/c1-6-7-8-19-14-10-12(9-13(18)11-14)17-20-15(2,3)16(4,5)21-17/h9-11H,6-8,18H2,1-5H3. The molecule has 0 bridgehead atoms. The molecule has 1 fully saturated rings. The van der Waals surface area contributed by atoms with Gasteiger partial charge in [0.05, 0.1) is 17.8 Å². The highest BCUT2D eigenvalue weighted by molar-refractivity contribution is 6.62. The van der Waals surface area contributed by atoms with Crippen LogP contribution in [0.5, 0.6) is 5.75 Å². The summed E-state index contributed by atoms with van der Waals surface area (Å²) in [6.45, 7) is 11.0. The van der Waals surface area contributed by atoms with E-state index in [1.807, 2.05) is 45.9 Å². The summed E-state index contributed by atoms with van der Waals surface area (Å²) in [5.74, 6) is 0.771. The monoisotopic (exact) mass is 291 g/mol. The molecule has 2 rings (SSSR count). The minimum absolute atomic E-state index is 0.356. The molecule has 116 valence electrons. The first-order valence-corrected chi connectivity index (χ1v) is 7.64. The molecule has 0 atom stereocenters. The van der Waals surface area contributed by atoms with Gasteiger partial charge < -0.3 is 19.8 Å². The lowest BCUT2D eigenvalue weighted by atomic mass is 9.79. The van der Waals surface area contributed by atoms with Gasteiger partial charge in [0, 0.05) is 11.8 Å². The molecule has 1 saturated heterocycles. The zero-order chi connectivity index (χ0) is 15.7. The number of rotatable bonds is 5. The van der Waals surface area contributed by atoms with Crippen LogP contribution >= 0.6 is 0 Å². The third-order valence-electron chi connectivity index (χ3n) is 4.24. The Kier molecular flexibility index (Phi) is 4.54. The van der Waals surface area contributed by atoms with Crippen LogP contribution in [-0.2, 0) is 9.31 Å². The van der Waals surface area contributed by atoms with Gasteiger partial charge in [-0.1, -0.05) is 13.3 Å². The summed E-state index contributed by atoms with van der Waals surface area (Å²) in [5.41, 5.74) is 6.83. The maximum absolute atomic E-state index is 6.05. The summed E-state index contributed by atoms with van der Waals surface area (Å²) in [5, 5.41) is 0. The van der Waals surface area contributed by atoms with Crippen LogP contribution in [-0.4, -0.2) is 24.9 Å². The molecule has 0 radical (unpaired) electrons. The minimum atomic E-state index is -0.410. The van der Waals surface area contributed by atoms with Crippen LogP contribution in [0, 0.1) is 0 Å². The number of nitrogens with two attached hydrogens (primary N) is 1. The molecule has 2 N–H and O–H groups in total. The van der Waals surface area contributed by atoms with Gasteiger partial charge in [-0.3, -0.25) is 0 Å². The van der Waals surface area contributed by atoms with Gasteiger partial charge in [-0.05, 0) is 51.7 Å². The Bertz CT molecular complexity index is 486. The molecular weight excluding hydrogens is 265 g/mol. The maximum Gasteiger partial charge on any atom is 0.495 e. The summed E-state index contributed by atoms with van der Waals surface area (Å²) in [6, 6.07) is 5.67. The van der Waals surface area contributed by atoms with Crippen LogP contribution in [0.25, 0.3) is 0 Å². The average molecular weight is 291 g/mol. The van der Waals surface area contributed by atoms with Crippen molar-refractivity contribution < 1.29 is 14.0 Å². The van der Waals surface area contributed by atoms with Crippen molar-refractivity contribution in [3.63, 3.8) is 0 Å². The van der Waals surface area contributed by atoms with Gasteiger partial charge in [-0.2, -0.15) is 0 Å². The summed E-state index contributed by atoms with van der Waals surface area (Å²) in [7, 11) is -0.410. The van der Waals surface area contributed by atoms with Gasteiger partial charge >= 0.3 is 7.12 Å². The Labute approximate surface area is 128 Å². The molecule has 0 aliphatic carbocycles. The number of hydrogen-bond donors (Lipinski definition) is 1. The van der Waals surface area contributed by atoms with Crippen molar-refractivity contribution in [2.75, 3.05) is 12.3 Å². The molecule has 1 aromatic rings. The van der Waals surface area contributed by atoms with E-state index < -0.39 is 7.12 Å². The average Bonchev–Trinajstić information content (AvgIpc) is 2.58.